The summed E-state index contributed by atoms with van der Waals surface area (Å²) in [6.07, 6.45) is 7.96. The Labute approximate surface area is 554 Å². The number of hydrogen-bond acceptors (Lipinski definition) is 16. The van der Waals surface area contributed by atoms with Crippen LogP contribution in [0.4, 0.5) is 16.6 Å². The van der Waals surface area contributed by atoms with E-state index in [0.717, 1.165) is 68.1 Å². The fourth-order valence-electron chi connectivity index (χ4n) is 13.4. The molecular weight excluding hydrogens is 1260 g/mol. The number of carbonyl (C=O) groups excluding carboxylic acids is 5. The van der Waals surface area contributed by atoms with Crippen molar-refractivity contribution in [3.8, 4) is 21.6 Å². The maximum Gasteiger partial charge on any atom is 0.284 e. The second kappa shape index (κ2) is 27.1. The van der Waals surface area contributed by atoms with Gasteiger partial charge in [-0.25, -0.2) is 28.1 Å². The van der Waals surface area contributed by atoms with Crippen LogP contribution in [0, 0.1) is 31.1 Å². The minimum absolute atomic E-state index is 0.0532. The van der Waals surface area contributed by atoms with Gasteiger partial charge in [0.15, 0.2) is 5.13 Å². The van der Waals surface area contributed by atoms with E-state index in [-0.39, 0.29) is 40.4 Å². The van der Waals surface area contributed by atoms with E-state index in [0.29, 0.717) is 84.7 Å². The third-order valence-electron chi connectivity index (χ3n) is 18.7. The van der Waals surface area contributed by atoms with Crippen LogP contribution < -0.4 is 30.5 Å². The summed E-state index contributed by atoms with van der Waals surface area (Å²) in [7, 11) is -4.57. The molecule has 0 unspecified atom stereocenters. The third-order valence-corrected chi connectivity index (χ3v) is 22.3. The summed E-state index contributed by atoms with van der Waals surface area (Å²) >= 11 is 9.91. The molecule has 7 heterocycles. The number of pyridine rings is 1. The van der Waals surface area contributed by atoms with Gasteiger partial charge >= 0.3 is 0 Å². The Morgan fingerprint density at radius 3 is 2.30 bits per heavy atom. The number of aromatic nitrogens is 5. The van der Waals surface area contributed by atoms with Gasteiger partial charge in [0.2, 0.25) is 17.7 Å². The van der Waals surface area contributed by atoms with Crippen molar-refractivity contribution in [3.05, 3.63) is 153 Å². The van der Waals surface area contributed by atoms with E-state index in [1.807, 2.05) is 128 Å². The Balaban J connectivity index is 0.712. The summed E-state index contributed by atoms with van der Waals surface area (Å²) in [6.45, 7) is 13.5. The lowest BCUT2D eigenvalue weighted by atomic mass is 9.84. The van der Waals surface area contributed by atoms with E-state index < -0.39 is 63.3 Å². The van der Waals surface area contributed by atoms with E-state index in [9.17, 15) is 37.5 Å². The number of amides is 5. The van der Waals surface area contributed by atoms with E-state index >= 15 is 0 Å². The van der Waals surface area contributed by atoms with Gasteiger partial charge in [-0.05, 0) is 135 Å². The van der Waals surface area contributed by atoms with Crippen LogP contribution in [0.2, 0.25) is 5.02 Å². The number of nitrogens with zero attached hydrogens (tertiary/aromatic N) is 8. The molecule has 3 aliphatic heterocycles. The van der Waals surface area contributed by atoms with Gasteiger partial charge in [0.25, 0.3) is 21.8 Å². The molecule has 5 amide bonds. The lowest BCUT2D eigenvalue weighted by molar-refractivity contribution is -0.144. The fourth-order valence-corrected chi connectivity index (χ4v) is 16.4. The fraction of sp³-hybridized carbons (Fsp3) is 0.406. The van der Waals surface area contributed by atoms with Crippen molar-refractivity contribution in [3.63, 3.8) is 0 Å². The van der Waals surface area contributed by atoms with Crippen LogP contribution in [0.1, 0.15) is 134 Å². The zero-order valence-electron chi connectivity index (χ0n) is 52.9. The number of thiazole rings is 2. The summed E-state index contributed by atoms with van der Waals surface area (Å²) in [5.74, 6) is -2.02. The predicted octanol–water partition coefficient (Wildman–Crippen LogP) is 11.0. The topological polar surface area (TPSA) is 254 Å². The van der Waals surface area contributed by atoms with E-state index in [2.05, 4.69) is 30.6 Å². The third kappa shape index (κ3) is 14.1. The first-order valence-electron chi connectivity index (χ1n) is 31.8. The smallest absolute Gasteiger partial charge is 0.284 e. The van der Waals surface area contributed by atoms with Crippen LogP contribution in [-0.4, -0.2) is 117 Å². The normalized spacial score (nSPS) is 18.0. The summed E-state index contributed by atoms with van der Waals surface area (Å²) in [5, 5.41) is 25.3. The molecule has 1 saturated carbocycles. The summed E-state index contributed by atoms with van der Waals surface area (Å²) in [4.78, 5) is 91.5. The quantitative estimate of drug-likeness (QED) is 0.0569. The molecule has 8 aromatic rings. The van der Waals surface area contributed by atoms with Crippen LogP contribution in [-0.2, 0) is 43.9 Å². The minimum atomic E-state index is -4.57. The minimum Gasteiger partial charge on any atom is -0.391 e. The van der Waals surface area contributed by atoms with Crippen molar-refractivity contribution in [2.24, 2.45) is 17.3 Å². The molecule has 0 radical (unpaired) electrons. The van der Waals surface area contributed by atoms with Crippen molar-refractivity contribution >= 4 is 101 Å². The molecule has 0 bridgehead atoms. The van der Waals surface area contributed by atoms with Crippen molar-refractivity contribution in [2.75, 3.05) is 41.3 Å². The number of likely N-dealkylation sites (tertiary alicyclic amines) is 1. The molecule has 2 saturated heterocycles. The molecule has 20 nitrogen and oxygen atoms in total. The Kier molecular flexibility index (Phi) is 18.9. The van der Waals surface area contributed by atoms with Crippen molar-refractivity contribution < 1.29 is 37.5 Å². The van der Waals surface area contributed by atoms with Gasteiger partial charge < -0.3 is 30.4 Å². The van der Waals surface area contributed by atoms with Crippen LogP contribution in [0.15, 0.2) is 114 Å². The van der Waals surface area contributed by atoms with Gasteiger partial charge in [-0.15, -0.1) is 11.3 Å². The van der Waals surface area contributed by atoms with Crippen molar-refractivity contribution in [1.82, 2.24) is 45.0 Å². The standard InChI is InChI=1S/C69H77ClN12O8S3/c1-40(44-19-21-46(22-20-44)61-41(2)71-39-91-61)73-65(86)57-33-48(83)37-81(57)67(88)62(69(4,5)6)76-63(84)47-28-30-79(31-29-47)56-25-23-49(34-54(56)70)93(89,90)78-66(87)60-50(52-35-72-82(42(52)3)36-43-13-8-7-9-14-43)24-26-59(75-60)80-32-27-45-15-12-16-51(53(45)38-80)64(85)77-68-74-55-17-10-11-18-58(55)92-68/h10-12,15-26,34-35,39-40,43,47-48,57,62,83H,7-9,13-14,27-33,36-38H2,1-6H3,(H,73,86)(H,76,84)(H,78,87)(H,74,77,85)/t40-,48+,57-,62+/m0/s1. The molecule has 4 aliphatic rings. The predicted molar refractivity (Wildman–Crippen MR) is 363 cm³/mol. The number of carbonyl (C=O) groups is 5. The number of aliphatic hydroxyl groups excluding tert-OH is 1. The molecule has 486 valence electrons. The number of anilines is 3. The Hall–Kier alpha value is -8.09. The monoisotopic (exact) mass is 1330 g/mol. The van der Waals surface area contributed by atoms with Gasteiger partial charge in [0.05, 0.1) is 60.2 Å². The number of hydrogen-bond donors (Lipinski definition) is 5. The molecule has 5 N–H and O–H groups in total. The molecule has 4 atom stereocenters. The highest BCUT2D eigenvalue weighted by atomic mass is 35.5. The highest BCUT2D eigenvalue weighted by Gasteiger charge is 2.45. The Bertz CT molecular complexity index is 4230. The Morgan fingerprint density at radius 1 is 0.817 bits per heavy atom. The van der Waals surface area contributed by atoms with Crippen LogP contribution in [0.3, 0.4) is 0 Å². The number of sulfonamides is 1. The lowest BCUT2D eigenvalue weighted by Crippen LogP contribution is -2.59. The lowest BCUT2D eigenvalue weighted by Gasteiger charge is -2.38. The molecule has 24 heteroatoms. The number of piperidine rings is 1. The zero-order chi connectivity index (χ0) is 65.5. The van der Waals surface area contributed by atoms with Gasteiger partial charge in [0, 0.05) is 74.0 Å². The highest BCUT2D eigenvalue weighted by molar-refractivity contribution is 7.90. The molecule has 1 aliphatic carbocycles. The average molecular weight is 1330 g/mol. The number of nitrogens with one attached hydrogen (secondary N) is 4. The van der Waals surface area contributed by atoms with E-state index in [1.54, 1.807) is 35.7 Å². The van der Waals surface area contributed by atoms with Gasteiger partial charge in [-0.3, -0.25) is 34.0 Å². The summed E-state index contributed by atoms with van der Waals surface area (Å²) in [5.41, 5.74) is 9.27. The largest absolute Gasteiger partial charge is 0.391 e. The van der Waals surface area contributed by atoms with E-state index in [1.165, 1.54) is 47.6 Å². The Morgan fingerprint density at radius 2 is 1.58 bits per heavy atom. The number of para-hydroxylation sites is 1. The maximum atomic E-state index is 14.8. The zero-order valence-corrected chi connectivity index (χ0v) is 56.2. The molecule has 3 fully saturated rings. The number of fused-ring (bicyclic) bond motifs is 2. The molecule has 12 rings (SSSR count). The molecule has 0 spiro atoms. The molecular formula is C69H77ClN12O8S3. The second-order valence-electron chi connectivity index (χ2n) is 26.1. The van der Waals surface area contributed by atoms with Gasteiger partial charge in [-0.1, -0.05) is 112 Å². The first-order chi connectivity index (χ1) is 44.6. The molecule has 4 aromatic heterocycles. The summed E-state index contributed by atoms with van der Waals surface area (Å²) in [6, 6.07) is 26.8. The van der Waals surface area contributed by atoms with E-state index in [4.69, 9.17) is 21.7 Å². The van der Waals surface area contributed by atoms with Crippen molar-refractivity contribution in [1.29, 1.82) is 0 Å². The van der Waals surface area contributed by atoms with Crippen LogP contribution in [0.25, 0.3) is 31.8 Å². The highest BCUT2D eigenvalue weighted by Crippen LogP contribution is 2.37. The number of halogens is 1. The molecule has 93 heavy (non-hydrogen) atoms. The number of aliphatic hydroxyl groups is 1. The van der Waals surface area contributed by atoms with Crippen molar-refractivity contribution in [2.45, 2.75) is 142 Å². The van der Waals surface area contributed by atoms with Crippen LogP contribution in [0.5, 0.6) is 0 Å². The number of β-amino-alcohol motifs (C(OH)–C–C–N with tert-alkyl or cyclic N) is 1. The SMILES string of the molecule is Cc1ncsc1-c1ccc([C@H](C)NC(=O)[C@@H]2C[C@@H](O)CN2C(=O)[C@@H](NC(=O)C2CCN(c3ccc(S(=O)(=O)NC(=O)c4nc(N5CCc6cccc(C(=O)Nc7nc8ccccc8s7)c6C5)ccc4-c4cnn(CC5CCCCC5)c4C)cc3Cl)CC2)C(C)(C)C)cc1. The first-order valence-corrected chi connectivity index (χ1v) is 35.4. The van der Waals surface area contributed by atoms with Gasteiger partial charge in [0.1, 0.15) is 23.6 Å². The first kappa shape index (κ1) is 65.0. The second-order valence-corrected chi connectivity index (χ2v) is 30.1. The number of rotatable bonds is 17. The number of aryl methyl sites for hydroxylation is 1. The number of benzene rings is 4. The molecule has 4 aromatic carbocycles. The average Bonchev–Trinajstić information content (AvgIpc) is 1.70. The summed E-state index contributed by atoms with van der Waals surface area (Å²) < 4.78 is 34.1. The van der Waals surface area contributed by atoms with Gasteiger partial charge in [-0.2, -0.15) is 5.10 Å². The van der Waals surface area contributed by atoms with Crippen LogP contribution >= 0.6 is 34.3 Å². The maximum absolute atomic E-state index is 14.8.